The van der Waals surface area contributed by atoms with Crippen LogP contribution in [0.3, 0.4) is 0 Å². The van der Waals surface area contributed by atoms with Gasteiger partial charge in [-0.25, -0.2) is 0 Å². The number of nitrogen functional groups attached to an aromatic ring is 1. The van der Waals surface area contributed by atoms with Crippen LogP contribution in [-0.4, -0.2) is 5.91 Å². The predicted molar refractivity (Wildman–Crippen MR) is 87.7 cm³/mol. The Morgan fingerprint density at radius 2 is 1.95 bits per heavy atom. The predicted octanol–water partition coefficient (Wildman–Crippen LogP) is 4.03. The van der Waals surface area contributed by atoms with Gasteiger partial charge in [-0.1, -0.05) is 41.4 Å². The Hall–Kier alpha value is -2.00. The van der Waals surface area contributed by atoms with Crippen LogP contribution < -0.4 is 11.1 Å². The van der Waals surface area contributed by atoms with Gasteiger partial charge in [-0.2, -0.15) is 0 Å². The molecule has 3 N–H and O–H groups in total. The summed E-state index contributed by atoms with van der Waals surface area (Å²) in [7, 11) is 0. The Kier molecular flexibility index (Phi) is 4.53. The van der Waals surface area contributed by atoms with Crippen molar-refractivity contribution in [3.63, 3.8) is 0 Å². The van der Waals surface area contributed by atoms with Crippen LogP contribution in [0.5, 0.6) is 0 Å². The van der Waals surface area contributed by atoms with E-state index in [1.807, 2.05) is 32.9 Å². The van der Waals surface area contributed by atoms with Crippen molar-refractivity contribution in [2.75, 3.05) is 5.73 Å². The number of halogens is 1. The van der Waals surface area contributed by atoms with Crippen LogP contribution in [0.15, 0.2) is 36.4 Å². The van der Waals surface area contributed by atoms with Gasteiger partial charge in [-0.05, 0) is 44.0 Å². The van der Waals surface area contributed by atoms with Gasteiger partial charge in [0.1, 0.15) is 0 Å². The molecule has 110 valence electrons. The van der Waals surface area contributed by atoms with E-state index in [4.69, 9.17) is 17.3 Å². The van der Waals surface area contributed by atoms with E-state index < -0.39 is 0 Å². The van der Waals surface area contributed by atoms with Crippen molar-refractivity contribution >= 4 is 23.2 Å². The van der Waals surface area contributed by atoms with Gasteiger partial charge in [0.2, 0.25) is 0 Å². The van der Waals surface area contributed by atoms with Gasteiger partial charge in [-0.15, -0.1) is 0 Å². The van der Waals surface area contributed by atoms with Crippen LogP contribution in [0.4, 0.5) is 5.69 Å². The summed E-state index contributed by atoms with van der Waals surface area (Å²) in [6.07, 6.45) is 0. The highest BCUT2D eigenvalue weighted by Crippen LogP contribution is 2.24. The second kappa shape index (κ2) is 6.19. The van der Waals surface area contributed by atoms with E-state index in [0.717, 1.165) is 11.1 Å². The topological polar surface area (TPSA) is 55.1 Å². The summed E-state index contributed by atoms with van der Waals surface area (Å²) in [6.45, 7) is 6.04. The summed E-state index contributed by atoms with van der Waals surface area (Å²) >= 11 is 5.95. The minimum atomic E-state index is -0.220. The zero-order valence-corrected chi connectivity index (χ0v) is 13.2. The lowest BCUT2D eigenvalue weighted by atomic mass is 10.00. The fraction of sp³-hybridized carbons (Fsp3) is 0.235. The van der Waals surface area contributed by atoms with Crippen molar-refractivity contribution in [3.05, 3.63) is 63.7 Å². The molecule has 2 rings (SSSR count). The standard InChI is InChI=1S/C17H19ClN2O/c1-10-7-8-13(11(2)9-10)12(3)20-17(21)14-5-4-6-15(18)16(14)19/h4-9,12H,19H2,1-3H3,(H,20,21). The normalized spacial score (nSPS) is 12.0. The number of aryl methyl sites for hydroxylation is 2. The molecule has 0 aliphatic heterocycles. The van der Waals surface area contributed by atoms with Gasteiger partial charge >= 0.3 is 0 Å². The molecule has 1 atom stereocenters. The molecule has 0 saturated carbocycles. The maximum absolute atomic E-state index is 12.3. The number of nitrogens with two attached hydrogens (primary N) is 1. The smallest absolute Gasteiger partial charge is 0.253 e. The van der Waals surface area contributed by atoms with E-state index >= 15 is 0 Å². The Morgan fingerprint density at radius 3 is 2.62 bits per heavy atom. The molecular weight excluding hydrogens is 284 g/mol. The van der Waals surface area contributed by atoms with Crippen molar-refractivity contribution in [2.24, 2.45) is 0 Å². The van der Waals surface area contributed by atoms with E-state index in [2.05, 4.69) is 11.4 Å². The number of anilines is 1. The van der Waals surface area contributed by atoms with E-state index in [9.17, 15) is 4.79 Å². The number of hydrogen-bond acceptors (Lipinski definition) is 2. The number of para-hydroxylation sites is 1. The molecule has 0 heterocycles. The number of hydrogen-bond donors (Lipinski definition) is 2. The van der Waals surface area contributed by atoms with Crippen LogP contribution in [0.1, 0.15) is 40.0 Å². The highest BCUT2D eigenvalue weighted by Gasteiger charge is 2.16. The molecule has 0 aliphatic rings. The molecule has 0 aromatic heterocycles. The minimum absolute atomic E-state index is 0.100. The maximum Gasteiger partial charge on any atom is 0.253 e. The third kappa shape index (κ3) is 3.37. The molecular formula is C17H19ClN2O. The average Bonchev–Trinajstić information content (AvgIpc) is 2.41. The number of benzene rings is 2. The first-order valence-corrected chi connectivity index (χ1v) is 7.20. The van der Waals surface area contributed by atoms with Crippen molar-refractivity contribution in [2.45, 2.75) is 26.8 Å². The Bertz CT molecular complexity index is 682. The minimum Gasteiger partial charge on any atom is -0.397 e. The lowest BCUT2D eigenvalue weighted by molar-refractivity contribution is 0.0940. The second-order valence-corrected chi connectivity index (χ2v) is 5.66. The van der Waals surface area contributed by atoms with Crippen molar-refractivity contribution in [3.8, 4) is 0 Å². The summed E-state index contributed by atoms with van der Waals surface area (Å²) in [5, 5.41) is 3.35. The first kappa shape index (κ1) is 15.4. The van der Waals surface area contributed by atoms with Crippen LogP contribution in [-0.2, 0) is 0 Å². The molecule has 0 fully saturated rings. The Morgan fingerprint density at radius 1 is 1.24 bits per heavy atom. The van der Waals surface area contributed by atoms with E-state index in [0.29, 0.717) is 16.3 Å². The summed E-state index contributed by atoms with van der Waals surface area (Å²) in [4.78, 5) is 12.3. The molecule has 0 aliphatic carbocycles. The molecule has 0 bridgehead atoms. The Balaban J connectivity index is 2.21. The van der Waals surface area contributed by atoms with Crippen molar-refractivity contribution in [1.82, 2.24) is 5.32 Å². The lowest BCUT2D eigenvalue weighted by Gasteiger charge is -2.18. The zero-order chi connectivity index (χ0) is 15.6. The number of carbonyl (C=O) groups is 1. The van der Waals surface area contributed by atoms with Gasteiger partial charge < -0.3 is 11.1 Å². The van der Waals surface area contributed by atoms with Crippen LogP contribution in [0, 0.1) is 13.8 Å². The summed E-state index contributed by atoms with van der Waals surface area (Å²) < 4.78 is 0. The summed E-state index contributed by atoms with van der Waals surface area (Å²) in [6, 6.07) is 11.1. The molecule has 1 unspecified atom stereocenters. The van der Waals surface area contributed by atoms with E-state index in [1.54, 1.807) is 18.2 Å². The molecule has 2 aromatic rings. The molecule has 21 heavy (non-hydrogen) atoms. The molecule has 1 amide bonds. The fourth-order valence-corrected chi connectivity index (χ4v) is 2.57. The SMILES string of the molecule is Cc1ccc(C(C)NC(=O)c2cccc(Cl)c2N)c(C)c1. The molecule has 0 spiro atoms. The van der Waals surface area contributed by atoms with E-state index in [1.165, 1.54) is 5.56 Å². The van der Waals surface area contributed by atoms with Gasteiger partial charge in [0.15, 0.2) is 0 Å². The highest BCUT2D eigenvalue weighted by atomic mass is 35.5. The maximum atomic E-state index is 12.3. The molecule has 0 radical (unpaired) electrons. The number of nitrogens with one attached hydrogen (secondary N) is 1. The Labute approximate surface area is 130 Å². The first-order chi connectivity index (χ1) is 9.90. The molecule has 0 saturated heterocycles. The largest absolute Gasteiger partial charge is 0.397 e. The quantitative estimate of drug-likeness (QED) is 0.841. The number of rotatable bonds is 3. The molecule has 2 aromatic carbocycles. The average molecular weight is 303 g/mol. The van der Waals surface area contributed by atoms with Crippen LogP contribution in [0.2, 0.25) is 5.02 Å². The third-order valence-electron chi connectivity index (χ3n) is 3.54. The number of amides is 1. The van der Waals surface area contributed by atoms with Gasteiger partial charge in [0, 0.05) is 0 Å². The zero-order valence-electron chi connectivity index (χ0n) is 12.4. The highest BCUT2D eigenvalue weighted by molar-refractivity contribution is 6.33. The van der Waals surface area contributed by atoms with Gasteiger partial charge in [0.05, 0.1) is 22.3 Å². The lowest BCUT2D eigenvalue weighted by Crippen LogP contribution is -2.27. The van der Waals surface area contributed by atoms with Gasteiger partial charge in [-0.3, -0.25) is 4.79 Å². The van der Waals surface area contributed by atoms with Crippen molar-refractivity contribution in [1.29, 1.82) is 0 Å². The molecule has 4 heteroatoms. The second-order valence-electron chi connectivity index (χ2n) is 5.26. The monoisotopic (exact) mass is 302 g/mol. The summed E-state index contributed by atoms with van der Waals surface area (Å²) in [5.74, 6) is -0.220. The number of carbonyl (C=O) groups excluding carboxylic acids is 1. The summed E-state index contributed by atoms with van der Waals surface area (Å²) in [5.41, 5.74) is 10.0. The van der Waals surface area contributed by atoms with Gasteiger partial charge in [0.25, 0.3) is 5.91 Å². The fourth-order valence-electron chi connectivity index (χ4n) is 2.40. The first-order valence-electron chi connectivity index (χ1n) is 6.82. The van der Waals surface area contributed by atoms with Crippen molar-refractivity contribution < 1.29 is 4.79 Å². The third-order valence-corrected chi connectivity index (χ3v) is 3.87. The van der Waals surface area contributed by atoms with E-state index in [-0.39, 0.29) is 11.9 Å². The van der Waals surface area contributed by atoms with Crippen LogP contribution >= 0.6 is 11.6 Å². The van der Waals surface area contributed by atoms with Crippen LogP contribution in [0.25, 0.3) is 0 Å². The molecule has 3 nitrogen and oxygen atoms in total.